The van der Waals surface area contributed by atoms with E-state index in [9.17, 15) is 5.11 Å². The van der Waals surface area contributed by atoms with Gasteiger partial charge in [0.15, 0.2) is 0 Å². The lowest BCUT2D eigenvalue weighted by Crippen LogP contribution is -2.41. The van der Waals surface area contributed by atoms with Gasteiger partial charge in [-0.05, 0) is 61.8 Å². The van der Waals surface area contributed by atoms with E-state index in [0.29, 0.717) is 6.61 Å². The molecule has 134 valence electrons. The van der Waals surface area contributed by atoms with Gasteiger partial charge >= 0.3 is 0 Å². The fourth-order valence-electron chi connectivity index (χ4n) is 4.27. The van der Waals surface area contributed by atoms with E-state index in [0.717, 1.165) is 37.2 Å². The molecule has 0 radical (unpaired) electrons. The molecule has 3 nitrogen and oxygen atoms in total. The third-order valence-electron chi connectivity index (χ3n) is 5.61. The average molecular weight is 332 g/mol. The molecule has 1 aliphatic heterocycles. The summed E-state index contributed by atoms with van der Waals surface area (Å²) in [6.07, 6.45) is 8.93. The second-order valence-electron chi connectivity index (χ2n) is 7.88. The fourth-order valence-corrected chi connectivity index (χ4v) is 4.27. The molecule has 3 heteroatoms. The quantitative estimate of drug-likeness (QED) is 0.848. The van der Waals surface area contributed by atoms with Crippen molar-refractivity contribution < 1.29 is 9.84 Å². The Morgan fingerprint density at radius 1 is 1.08 bits per heavy atom. The van der Waals surface area contributed by atoms with Gasteiger partial charge in [0.25, 0.3) is 0 Å². The number of likely N-dealkylation sites (tertiary alicyclic amines) is 1. The first kappa shape index (κ1) is 17.8. The number of aliphatic hydroxyl groups is 1. The summed E-state index contributed by atoms with van der Waals surface area (Å²) in [4.78, 5) is 2.37. The molecule has 0 aromatic heterocycles. The van der Waals surface area contributed by atoms with Crippen LogP contribution in [-0.4, -0.2) is 42.4 Å². The maximum Gasteiger partial charge on any atom is 0.119 e. The van der Waals surface area contributed by atoms with Crippen molar-refractivity contribution in [3.05, 3.63) is 29.8 Å². The lowest BCUT2D eigenvalue weighted by Gasteiger charge is -2.32. The minimum atomic E-state index is -0.409. The number of ether oxygens (including phenoxy) is 1. The lowest BCUT2D eigenvalue weighted by atomic mass is 9.84. The summed E-state index contributed by atoms with van der Waals surface area (Å²) in [5, 5.41) is 10.2. The zero-order valence-corrected chi connectivity index (χ0v) is 15.1. The molecule has 1 saturated heterocycles. The molecule has 1 saturated carbocycles. The van der Waals surface area contributed by atoms with Crippen LogP contribution in [0.5, 0.6) is 5.75 Å². The van der Waals surface area contributed by atoms with Crippen LogP contribution in [0.1, 0.15) is 63.4 Å². The van der Waals surface area contributed by atoms with Gasteiger partial charge in [-0.2, -0.15) is 0 Å². The smallest absolute Gasteiger partial charge is 0.119 e. The first-order chi connectivity index (χ1) is 11.7. The standard InChI is InChI=1S/C21H33NO2/c1-17-6-5-13-22(14-17)15-20(23)16-24-21-11-9-19(10-12-21)18-7-3-2-4-8-18/h9-12,17-18,20,23H,2-8,13-16H2,1H3. The van der Waals surface area contributed by atoms with Crippen LogP contribution in [0.2, 0.25) is 0 Å². The fraction of sp³-hybridized carbons (Fsp3) is 0.714. The van der Waals surface area contributed by atoms with Crippen LogP contribution in [0.4, 0.5) is 0 Å². The van der Waals surface area contributed by atoms with Crippen LogP contribution >= 0.6 is 0 Å². The molecule has 1 heterocycles. The molecule has 1 aliphatic carbocycles. The van der Waals surface area contributed by atoms with Gasteiger partial charge in [0.05, 0.1) is 0 Å². The molecule has 24 heavy (non-hydrogen) atoms. The maximum absolute atomic E-state index is 10.2. The molecule has 2 fully saturated rings. The van der Waals surface area contributed by atoms with Crippen LogP contribution < -0.4 is 4.74 Å². The number of aliphatic hydroxyl groups excluding tert-OH is 1. The van der Waals surface area contributed by atoms with Crippen molar-refractivity contribution >= 4 is 0 Å². The Bertz CT molecular complexity index is 481. The summed E-state index contributed by atoms with van der Waals surface area (Å²) < 4.78 is 5.80. The van der Waals surface area contributed by atoms with Crippen LogP contribution in [-0.2, 0) is 0 Å². The van der Waals surface area contributed by atoms with E-state index in [2.05, 4.69) is 36.1 Å². The zero-order chi connectivity index (χ0) is 16.8. The molecule has 1 N–H and O–H groups in total. The summed E-state index contributed by atoms with van der Waals surface area (Å²) in [5.41, 5.74) is 1.45. The Morgan fingerprint density at radius 2 is 1.83 bits per heavy atom. The molecule has 0 amide bonds. The van der Waals surface area contributed by atoms with Gasteiger partial charge in [-0.1, -0.05) is 38.3 Å². The first-order valence-corrected chi connectivity index (χ1v) is 9.84. The second kappa shape index (κ2) is 8.87. The number of piperidine rings is 1. The molecule has 1 aromatic rings. The maximum atomic E-state index is 10.2. The molecular weight excluding hydrogens is 298 g/mol. The van der Waals surface area contributed by atoms with Crippen LogP contribution in [0.15, 0.2) is 24.3 Å². The lowest BCUT2D eigenvalue weighted by molar-refractivity contribution is 0.0537. The van der Waals surface area contributed by atoms with E-state index in [4.69, 9.17) is 4.74 Å². The number of benzene rings is 1. The van der Waals surface area contributed by atoms with Crippen molar-refractivity contribution in [1.82, 2.24) is 4.90 Å². The van der Waals surface area contributed by atoms with Gasteiger partial charge in [-0.25, -0.2) is 0 Å². The topological polar surface area (TPSA) is 32.7 Å². The van der Waals surface area contributed by atoms with Crippen molar-refractivity contribution in [1.29, 1.82) is 0 Å². The largest absolute Gasteiger partial charge is 0.491 e. The summed E-state index contributed by atoms with van der Waals surface area (Å²) in [5.74, 6) is 2.36. The molecule has 2 atom stereocenters. The number of nitrogens with zero attached hydrogens (tertiary/aromatic N) is 1. The first-order valence-electron chi connectivity index (χ1n) is 9.84. The monoisotopic (exact) mass is 331 g/mol. The summed E-state index contributed by atoms with van der Waals surface area (Å²) >= 11 is 0. The van der Waals surface area contributed by atoms with Crippen molar-refractivity contribution in [2.45, 2.75) is 63.9 Å². The van der Waals surface area contributed by atoms with E-state index >= 15 is 0 Å². The van der Waals surface area contributed by atoms with Gasteiger partial charge in [0.1, 0.15) is 18.5 Å². The molecular formula is C21H33NO2. The van der Waals surface area contributed by atoms with Gasteiger partial charge in [-0.3, -0.25) is 0 Å². The number of hydrogen-bond donors (Lipinski definition) is 1. The van der Waals surface area contributed by atoms with E-state index in [1.165, 1.54) is 50.5 Å². The molecule has 3 rings (SSSR count). The normalized spacial score (nSPS) is 24.7. The molecule has 1 aromatic carbocycles. The average Bonchev–Trinajstić information content (AvgIpc) is 2.61. The summed E-state index contributed by atoms with van der Waals surface area (Å²) in [6, 6.07) is 8.56. The van der Waals surface area contributed by atoms with Gasteiger partial charge < -0.3 is 14.7 Å². The minimum absolute atomic E-state index is 0.383. The third kappa shape index (κ3) is 5.22. The third-order valence-corrected chi connectivity index (χ3v) is 5.61. The van der Waals surface area contributed by atoms with Crippen molar-refractivity contribution in [2.24, 2.45) is 5.92 Å². The van der Waals surface area contributed by atoms with E-state index in [1.54, 1.807) is 0 Å². The molecule has 0 bridgehead atoms. The van der Waals surface area contributed by atoms with E-state index in [1.807, 2.05) is 0 Å². The SMILES string of the molecule is CC1CCCN(CC(O)COc2ccc(C3CCCCC3)cc2)C1. The van der Waals surface area contributed by atoms with Gasteiger partial charge in [0.2, 0.25) is 0 Å². The van der Waals surface area contributed by atoms with Crippen LogP contribution in [0, 0.1) is 5.92 Å². The Kier molecular flexibility index (Phi) is 6.56. The number of rotatable bonds is 6. The highest BCUT2D eigenvalue weighted by atomic mass is 16.5. The molecule has 2 unspecified atom stereocenters. The second-order valence-corrected chi connectivity index (χ2v) is 7.88. The van der Waals surface area contributed by atoms with E-state index in [-0.39, 0.29) is 0 Å². The Morgan fingerprint density at radius 3 is 2.54 bits per heavy atom. The zero-order valence-electron chi connectivity index (χ0n) is 15.1. The minimum Gasteiger partial charge on any atom is -0.491 e. The molecule has 0 spiro atoms. The summed E-state index contributed by atoms with van der Waals surface area (Å²) in [7, 11) is 0. The Balaban J connectivity index is 1.42. The Labute approximate surface area is 147 Å². The van der Waals surface area contributed by atoms with E-state index < -0.39 is 6.10 Å². The highest BCUT2D eigenvalue weighted by Gasteiger charge is 2.19. The van der Waals surface area contributed by atoms with Gasteiger partial charge in [0, 0.05) is 13.1 Å². The van der Waals surface area contributed by atoms with Crippen LogP contribution in [0.25, 0.3) is 0 Å². The Hall–Kier alpha value is -1.06. The summed E-state index contributed by atoms with van der Waals surface area (Å²) in [6.45, 7) is 5.62. The predicted octanol–water partition coefficient (Wildman–Crippen LogP) is 4.21. The highest BCUT2D eigenvalue weighted by Crippen LogP contribution is 2.33. The number of β-amino-alcohol motifs (C(OH)–C–C–N with tert-alkyl or cyclic N) is 1. The predicted molar refractivity (Wildman–Crippen MR) is 98.6 cm³/mol. The van der Waals surface area contributed by atoms with Gasteiger partial charge in [-0.15, -0.1) is 0 Å². The highest BCUT2D eigenvalue weighted by molar-refractivity contribution is 5.29. The van der Waals surface area contributed by atoms with Crippen molar-refractivity contribution in [3.8, 4) is 5.75 Å². The van der Waals surface area contributed by atoms with Crippen LogP contribution in [0.3, 0.4) is 0 Å². The van der Waals surface area contributed by atoms with Crippen molar-refractivity contribution in [3.63, 3.8) is 0 Å². The van der Waals surface area contributed by atoms with Crippen molar-refractivity contribution in [2.75, 3.05) is 26.2 Å². The molecule has 2 aliphatic rings. The number of hydrogen-bond acceptors (Lipinski definition) is 3.